The standard InChI is InChI=1S/C12H10Br2ClNOS/c1-17-7-2-3-9(13)11(4-7)16-6-8-5-10(14)12(15)18-8/h2-5,16H,6H2,1H3. The topological polar surface area (TPSA) is 21.3 Å². The van der Waals surface area contributed by atoms with E-state index >= 15 is 0 Å². The van der Waals surface area contributed by atoms with Crippen LogP contribution in [0, 0.1) is 0 Å². The molecule has 2 nitrogen and oxygen atoms in total. The minimum absolute atomic E-state index is 0.724. The Balaban J connectivity index is 2.10. The van der Waals surface area contributed by atoms with E-state index in [1.54, 1.807) is 18.4 Å². The number of benzene rings is 1. The Labute approximate surface area is 132 Å². The minimum Gasteiger partial charge on any atom is -0.497 e. The zero-order valence-corrected chi connectivity index (χ0v) is 14.2. The molecule has 18 heavy (non-hydrogen) atoms. The largest absolute Gasteiger partial charge is 0.497 e. The highest BCUT2D eigenvalue weighted by molar-refractivity contribution is 9.11. The summed E-state index contributed by atoms with van der Waals surface area (Å²) in [6, 6.07) is 7.84. The van der Waals surface area contributed by atoms with Crippen LogP contribution in [0.3, 0.4) is 0 Å². The molecule has 0 aliphatic rings. The van der Waals surface area contributed by atoms with Crippen molar-refractivity contribution in [1.82, 2.24) is 0 Å². The maximum Gasteiger partial charge on any atom is 0.121 e. The Morgan fingerprint density at radius 2 is 2.06 bits per heavy atom. The van der Waals surface area contributed by atoms with Gasteiger partial charge >= 0.3 is 0 Å². The Morgan fingerprint density at radius 1 is 1.28 bits per heavy atom. The summed E-state index contributed by atoms with van der Waals surface area (Å²) in [6.45, 7) is 0.724. The lowest BCUT2D eigenvalue weighted by Gasteiger charge is -2.09. The summed E-state index contributed by atoms with van der Waals surface area (Å²) in [6.07, 6.45) is 0. The van der Waals surface area contributed by atoms with E-state index in [1.807, 2.05) is 24.3 Å². The molecular weight excluding hydrogens is 401 g/mol. The number of methoxy groups -OCH3 is 1. The van der Waals surface area contributed by atoms with E-state index in [4.69, 9.17) is 16.3 Å². The van der Waals surface area contributed by atoms with Crippen LogP contribution in [0.2, 0.25) is 4.34 Å². The molecule has 6 heteroatoms. The van der Waals surface area contributed by atoms with Crippen molar-refractivity contribution in [2.24, 2.45) is 0 Å². The van der Waals surface area contributed by atoms with Gasteiger partial charge in [0.2, 0.25) is 0 Å². The van der Waals surface area contributed by atoms with E-state index in [9.17, 15) is 0 Å². The summed E-state index contributed by atoms with van der Waals surface area (Å²) in [7, 11) is 1.66. The predicted molar refractivity (Wildman–Crippen MR) is 85.0 cm³/mol. The molecule has 0 saturated carbocycles. The molecule has 1 aromatic heterocycles. The van der Waals surface area contributed by atoms with Gasteiger partial charge in [-0.3, -0.25) is 0 Å². The molecule has 0 spiro atoms. The van der Waals surface area contributed by atoms with Gasteiger partial charge in [0.25, 0.3) is 0 Å². The fourth-order valence-corrected chi connectivity index (χ4v) is 3.54. The van der Waals surface area contributed by atoms with Crippen molar-refractivity contribution in [3.05, 3.63) is 42.4 Å². The van der Waals surface area contributed by atoms with Crippen molar-refractivity contribution in [2.45, 2.75) is 6.54 Å². The van der Waals surface area contributed by atoms with Crippen LogP contribution >= 0.6 is 54.8 Å². The number of hydrogen-bond acceptors (Lipinski definition) is 3. The van der Waals surface area contributed by atoms with Crippen LogP contribution in [0.15, 0.2) is 33.2 Å². The van der Waals surface area contributed by atoms with E-state index in [0.717, 1.165) is 31.3 Å². The molecule has 0 radical (unpaired) electrons. The van der Waals surface area contributed by atoms with Gasteiger partial charge in [-0.15, -0.1) is 11.3 Å². The molecule has 0 aliphatic heterocycles. The molecule has 0 bridgehead atoms. The summed E-state index contributed by atoms with van der Waals surface area (Å²) in [5, 5.41) is 3.35. The van der Waals surface area contributed by atoms with E-state index in [0.29, 0.717) is 0 Å². The molecule has 0 fully saturated rings. The Kier molecular flexibility index (Phi) is 4.95. The summed E-state index contributed by atoms with van der Waals surface area (Å²) in [5.74, 6) is 0.825. The molecule has 1 N–H and O–H groups in total. The maximum atomic E-state index is 6.00. The average molecular weight is 412 g/mol. The fraction of sp³-hybridized carbons (Fsp3) is 0.167. The number of anilines is 1. The Bertz CT molecular complexity index is 540. The van der Waals surface area contributed by atoms with E-state index in [1.165, 1.54) is 4.88 Å². The Morgan fingerprint density at radius 3 is 2.67 bits per heavy atom. The van der Waals surface area contributed by atoms with Crippen molar-refractivity contribution >= 4 is 60.5 Å². The second-order valence-corrected chi connectivity index (χ2v) is 6.98. The molecule has 0 saturated heterocycles. The first-order valence-corrected chi connectivity index (χ1v) is 7.89. The molecule has 0 atom stereocenters. The Hall–Kier alpha value is -0.230. The number of rotatable bonds is 4. The van der Waals surface area contributed by atoms with Crippen LogP contribution in [0.5, 0.6) is 5.75 Å². The van der Waals surface area contributed by atoms with Gasteiger partial charge in [0.05, 0.1) is 12.8 Å². The van der Waals surface area contributed by atoms with E-state index in [2.05, 4.69) is 37.2 Å². The first-order valence-electron chi connectivity index (χ1n) is 5.11. The lowest BCUT2D eigenvalue weighted by molar-refractivity contribution is 0.415. The third-order valence-corrected chi connectivity index (χ3v) is 5.49. The van der Waals surface area contributed by atoms with Crippen LogP contribution in [-0.2, 0) is 6.54 Å². The summed E-state index contributed by atoms with van der Waals surface area (Å²) in [4.78, 5) is 1.17. The predicted octanol–water partition coefficient (Wildman–Crippen LogP) is 5.55. The van der Waals surface area contributed by atoms with Crippen LogP contribution in [0.4, 0.5) is 5.69 Å². The van der Waals surface area contributed by atoms with Crippen LogP contribution < -0.4 is 10.1 Å². The second kappa shape index (κ2) is 6.28. The lowest BCUT2D eigenvalue weighted by atomic mass is 10.3. The number of ether oxygens (including phenoxy) is 1. The van der Waals surface area contributed by atoms with Crippen molar-refractivity contribution in [1.29, 1.82) is 0 Å². The average Bonchev–Trinajstić information content (AvgIpc) is 2.68. The van der Waals surface area contributed by atoms with Gasteiger partial charge in [0, 0.05) is 26.4 Å². The SMILES string of the molecule is COc1ccc(Br)c(NCc2cc(Br)c(Cl)s2)c1. The highest BCUT2D eigenvalue weighted by Gasteiger charge is 2.06. The highest BCUT2D eigenvalue weighted by Crippen LogP contribution is 2.33. The van der Waals surface area contributed by atoms with Gasteiger partial charge < -0.3 is 10.1 Å². The molecule has 1 heterocycles. The molecule has 0 amide bonds. The molecule has 2 aromatic rings. The van der Waals surface area contributed by atoms with Crippen LogP contribution in [0.25, 0.3) is 0 Å². The number of halogens is 3. The molecule has 0 aliphatic carbocycles. The van der Waals surface area contributed by atoms with E-state index in [-0.39, 0.29) is 0 Å². The molecular formula is C12H10Br2ClNOS. The quantitative estimate of drug-likeness (QED) is 0.712. The molecule has 2 rings (SSSR count). The molecule has 96 valence electrons. The van der Waals surface area contributed by atoms with Crippen molar-refractivity contribution in [2.75, 3.05) is 12.4 Å². The number of nitrogens with one attached hydrogen (secondary N) is 1. The number of thiophene rings is 1. The fourth-order valence-electron chi connectivity index (χ4n) is 1.43. The third kappa shape index (κ3) is 3.41. The first kappa shape index (κ1) is 14.2. The zero-order chi connectivity index (χ0) is 13.1. The smallest absolute Gasteiger partial charge is 0.121 e. The summed E-state index contributed by atoms with van der Waals surface area (Å²) in [5.41, 5.74) is 0.995. The van der Waals surface area contributed by atoms with Gasteiger partial charge in [-0.05, 0) is 50.1 Å². The monoisotopic (exact) mass is 409 g/mol. The summed E-state index contributed by atoms with van der Waals surface area (Å²) >= 11 is 14.5. The lowest BCUT2D eigenvalue weighted by Crippen LogP contribution is -1.98. The zero-order valence-electron chi connectivity index (χ0n) is 9.47. The third-order valence-electron chi connectivity index (χ3n) is 2.32. The van der Waals surface area contributed by atoms with E-state index < -0.39 is 0 Å². The minimum atomic E-state index is 0.724. The van der Waals surface area contributed by atoms with Crippen LogP contribution in [0.1, 0.15) is 4.88 Å². The second-order valence-electron chi connectivity index (χ2n) is 3.53. The number of hydrogen-bond donors (Lipinski definition) is 1. The van der Waals surface area contributed by atoms with Crippen molar-refractivity contribution in [3.63, 3.8) is 0 Å². The van der Waals surface area contributed by atoms with Gasteiger partial charge in [-0.25, -0.2) is 0 Å². The van der Waals surface area contributed by atoms with Gasteiger partial charge in [-0.2, -0.15) is 0 Å². The molecule has 1 aromatic carbocycles. The van der Waals surface area contributed by atoms with Crippen LogP contribution in [-0.4, -0.2) is 7.11 Å². The van der Waals surface area contributed by atoms with Crippen molar-refractivity contribution < 1.29 is 4.74 Å². The van der Waals surface area contributed by atoms with Crippen molar-refractivity contribution in [3.8, 4) is 5.75 Å². The van der Waals surface area contributed by atoms with Gasteiger partial charge in [0.15, 0.2) is 0 Å². The van der Waals surface area contributed by atoms with Gasteiger partial charge in [0.1, 0.15) is 10.1 Å². The first-order chi connectivity index (χ1) is 8.60. The summed E-state index contributed by atoms with van der Waals surface area (Å²) < 4.78 is 7.92. The normalized spacial score (nSPS) is 10.4. The molecule has 0 unspecified atom stereocenters. The maximum absolute atomic E-state index is 6.00. The van der Waals surface area contributed by atoms with Gasteiger partial charge in [-0.1, -0.05) is 11.6 Å². The highest BCUT2D eigenvalue weighted by atomic mass is 79.9.